The Bertz CT molecular complexity index is 194. The van der Waals surface area contributed by atoms with Crippen molar-refractivity contribution in [3.63, 3.8) is 0 Å². The molecular weight excluding hydrogens is 366 g/mol. The van der Waals surface area contributed by atoms with Gasteiger partial charge in [-0.2, -0.15) is 0 Å². The summed E-state index contributed by atoms with van der Waals surface area (Å²) in [5, 5.41) is 0. The molecule has 0 radical (unpaired) electrons. The van der Waals surface area contributed by atoms with E-state index in [1.807, 2.05) is 0 Å². The molecule has 0 rings (SSSR count). The van der Waals surface area contributed by atoms with E-state index in [0.29, 0.717) is 49.9 Å². The summed E-state index contributed by atoms with van der Waals surface area (Å²) in [7, 11) is 0. The third-order valence-corrected chi connectivity index (χ3v) is 2.63. The van der Waals surface area contributed by atoms with Gasteiger partial charge in [0.25, 0.3) is 0 Å². The summed E-state index contributed by atoms with van der Waals surface area (Å²) in [6.07, 6.45) is -1.24. The molecule has 0 heterocycles. The maximum atomic E-state index is 5.65. The van der Waals surface area contributed by atoms with Crippen molar-refractivity contribution in [1.29, 1.82) is 0 Å². The number of alkyl halides is 4. The zero-order valence-electron chi connectivity index (χ0n) is 11.8. The highest BCUT2D eigenvalue weighted by atomic mass is 35.5. The highest BCUT2D eigenvalue weighted by Gasteiger charge is 2.18. The second kappa shape index (κ2) is 17.3. The molecule has 5 nitrogen and oxygen atoms in total. The highest BCUT2D eigenvalue weighted by Crippen LogP contribution is 2.06. The van der Waals surface area contributed by atoms with Crippen LogP contribution in [0.3, 0.4) is 0 Å². The number of ether oxygens (including phenoxy) is 5. The Morgan fingerprint density at radius 2 is 0.952 bits per heavy atom. The van der Waals surface area contributed by atoms with Crippen molar-refractivity contribution in [2.75, 3.05) is 63.2 Å². The summed E-state index contributed by atoms with van der Waals surface area (Å²) in [6.45, 7) is 1.92. The maximum Gasteiger partial charge on any atom is 0.184 e. The molecule has 9 heteroatoms. The van der Waals surface area contributed by atoms with Crippen molar-refractivity contribution in [2.24, 2.45) is 0 Å². The van der Waals surface area contributed by atoms with Crippen molar-refractivity contribution < 1.29 is 23.7 Å². The van der Waals surface area contributed by atoms with Crippen molar-refractivity contribution in [1.82, 2.24) is 0 Å². The van der Waals surface area contributed by atoms with Crippen molar-refractivity contribution >= 4 is 46.4 Å². The van der Waals surface area contributed by atoms with Gasteiger partial charge in [-0.1, -0.05) is 0 Å². The second-order valence-corrected chi connectivity index (χ2v) is 5.15. The lowest BCUT2D eigenvalue weighted by Crippen LogP contribution is -2.34. The number of rotatable bonds is 16. The maximum absolute atomic E-state index is 5.65. The van der Waals surface area contributed by atoms with E-state index in [9.17, 15) is 0 Å². The molecule has 0 saturated carbocycles. The third-order valence-electron chi connectivity index (χ3n) is 2.02. The lowest BCUT2D eigenvalue weighted by molar-refractivity contribution is -0.267. The number of halogens is 4. The van der Waals surface area contributed by atoms with Gasteiger partial charge in [0, 0.05) is 23.5 Å². The Hall–Kier alpha value is 0.960. The molecule has 0 aromatic heterocycles. The van der Waals surface area contributed by atoms with Crippen molar-refractivity contribution in [2.45, 2.75) is 12.6 Å². The zero-order chi connectivity index (χ0) is 15.8. The van der Waals surface area contributed by atoms with Gasteiger partial charge in [-0.25, -0.2) is 0 Å². The molecule has 0 saturated heterocycles. The fraction of sp³-hybridized carbons (Fsp3) is 1.00. The first-order valence-corrected chi connectivity index (χ1v) is 8.70. The van der Waals surface area contributed by atoms with E-state index >= 15 is 0 Å². The van der Waals surface area contributed by atoms with Crippen LogP contribution in [0.15, 0.2) is 0 Å². The Kier molecular flexibility index (Phi) is 18.1. The van der Waals surface area contributed by atoms with Gasteiger partial charge in [-0.15, -0.1) is 46.4 Å². The summed E-state index contributed by atoms with van der Waals surface area (Å²) < 4.78 is 27.1. The van der Waals surface area contributed by atoms with Crippen LogP contribution in [0.4, 0.5) is 0 Å². The molecule has 0 spiro atoms. The smallest absolute Gasteiger partial charge is 0.184 e. The molecule has 0 bridgehead atoms. The molecule has 128 valence electrons. The lowest BCUT2D eigenvalue weighted by atomic mass is 10.6. The van der Waals surface area contributed by atoms with Crippen LogP contribution in [0.25, 0.3) is 0 Å². The molecule has 0 aromatic rings. The Morgan fingerprint density at radius 3 is 1.29 bits per heavy atom. The van der Waals surface area contributed by atoms with Crippen LogP contribution < -0.4 is 0 Å². The van der Waals surface area contributed by atoms with Gasteiger partial charge in [0.2, 0.25) is 0 Å². The van der Waals surface area contributed by atoms with Crippen LogP contribution >= 0.6 is 46.4 Å². The molecule has 0 aliphatic carbocycles. The first-order valence-electron chi connectivity index (χ1n) is 6.56. The van der Waals surface area contributed by atoms with Gasteiger partial charge < -0.3 is 23.7 Å². The van der Waals surface area contributed by atoms with Gasteiger partial charge in [-0.3, -0.25) is 0 Å². The zero-order valence-corrected chi connectivity index (χ0v) is 14.8. The average molecular weight is 388 g/mol. The molecule has 0 N–H and O–H groups in total. The van der Waals surface area contributed by atoms with E-state index in [4.69, 9.17) is 70.1 Å². The average Bonchev–Trinajstić information content (AvgIpc) is 2.50. The Morgan fingerprint density at radius 1 is 0.571 bits per heavy atom. The number of hydrogen-bond acceptors (Lipinski definition) is 5. The van der Waals surface area contributed by atoms with Crippen molar-refractivity contribution in [3.05, 3.63) is 0 Å². The molecule has 0 fully saturated rings. The molecular formula is C12H22Cl4O5. The third kappa shape index (κ3) is 14.3. The predicted molar refractivity (Wildman–Crippen MR) is 85.1 cm³/mol. The molecule has 2 atom stereocenters. The second-order valence-electron chi connectivity index (χ2n) is 3.64. The summed E-state index contributed by atoms with van der Waals surface area (Å²) >= 11 is 22.3. The van der Waals surface area contributed by atoms with Crippen molar-refractivity contribution in [3.8, 4) is 0 Å². The lowest BCUT2D eigenvalue weighted by Gasteiger charge is -2.24. The predicted octanol–water partition coefficient (Wildman–Crippen LogP) is 2.68. The van der Waals surface area contributed by atoms with Crippen LogP contribution in [0.5, 0.6) is 0 Å². The van der Waals surface area contributed by atoms with Crippen LogP contribution in [-0.2, 0) is 23.7 Å². The molecule has 2 unspecified atom stereocenters. The summed E-state index contributed by atoms with van der Waals surface area (Å²) in [5.74, 6) is 1.50. The van der Waals surface area contributed by atoms with E-state index in [1.54, 1.807) is 0 Å². The molecule has 0 aliphatic rings. The van der Waals surface area contributed by atoms with Crippen LogP contribution in [0, 0.1) is 0 Å². The fourth-order valence-corrected chi connectivity index (χ4v) is 1.64. The fourth-order valence-electron chi connectivity index (χ4n) is 1.24. The first-order chi connectivity index (χ1) is 10.3. The monoisotopic (exact) mass is 386 g/mol. The van der Waals surface area contributed by atoms with E-state index in [1.165, 1.54) is 0 Å². The molecule has 0 amide bonds. The van der Waals surface area contributed by atoms with Gasteiger partial charge in [0.15, 0.2) is 12.6 Å². The minimum atomic E-state index is -0.619. The quantitative estimate of drug-likeness (QED) is 0.231. The van der Waals surface area contributed by atoms with Gasteiger partial charge in [0.05, 0.1) is 39.6 Å². The van der Waals surface area contributed by atoms with Crippen LogP contribution in [0.1, 0.15) is 0 Å². The largest absolute Gasteiger partial charge is 0.375 e. The Balaban J connectivity index is 4.22. The topological polar surface area (TPSA) is 46.2 Å². The van der Waals surface area contributed by atoms with Gasteiger partial charge >= 0.3 is 0 Å². The standard InChI is InChI=1S/C12H22Cl4O5/c13-1-5-17-9-11(19-7-3-15)21-12(20-8-4-16)10-18-6-2-14/h11-12H,1-10H2. The first kappa shape index (κ1) is 22.0. The van der Waals surface area contributed by atoms with Crippen LogP contribution in [0.2, 0.25) is 0 Å². The van der Waals surface area contributed by atoms with E-state index in [-0.39, 0.29) is 13.2 Å². The summed E-state index contributed by atoms with van der Waals surface area (Å²) in [4.78, 5) is 0. The van der Waals surface area contributed by atoms with E-state index in [0.717, 1.165) is 0 Å². The minimum Gasteiger partial charge on any atom is -0.375 e. The number of hydrogen-bond donors (Lipinski definition) is 0. The molecule has 21 heavy (non-hydrogen) atoms. The normalized spacial score (nSPS) is 14.3. The molecule has 0 aromatic carbocycles. The van der Waals surface area contributed by atoms with Gasteiger partial charge in [-0.05, 0) is 0 Å². The summed E-state index contributed by atoms with van der Waals surface area (Å²) in [6, 6.07) is 0. The van der Waals surface area contributed by atoms with E-state index in [2.05, 4.69) is 0 Å². The summed E-state index contributed by atoms with van der Waals surface area (Å²) in [5.41, 5.74) is 0. The molecule has 0 aliphatic heterocycles. The minimum absolute atomic E-state index is 0.222. The van der Waals surface area contributed by atoms with Crippen LogP contribution in [-0.4, -0.2) is 75.7 Å². The van der Waals surface area contributed by atoms with E-state index < -0.39 is 12.6 Å². The SMILES string of the molecule is ClCCOCC(OCCCl)OC(COCCCl)OCCCl. The highest BCUT2D eigenvalue weighted by molar-refractivity contribution is 6.18. The Labute approximate surface area is 146 Å². The van der Waals surface area contributed by atoms with Gasteiger partial charge in [0.1, 0.15) is 0 Å².